The van der Waals surface area contributed by atoms with Crippen LogP contribution < -0.4 is 5.73 Å². The molecule has 2 fully saturated rings. The van der Waals surface area contributed by atoms with E-state index in [1.165, 1.54) is 37.7 Å². The normalized spacial score (nSPS) is 28.1. The molecule has 3 nitrogen and oxygen atoms in total. The lowest BCUT2D eigenvalue weighted by atomic mass is 9.96. The molecule has 2 N–H and O–H groups in total. The highest BCUT2D eigenvalue weighted by Gasteiger charge is 2.17. The van der Waals surface area contributed by atoms with E-state index in [2.05, 4.69) is 23.0 Å². The standard InChI is InChI=1S/C15H23N3/c16-13-7-6-12(10-13)11-14-8-9-18(17-14)15-4-2-1-3-5-15/h8-9,11,13,15H,1-7,10,16H2/b12-11+. The van der Waals surface area contributed by atoms with Gasteiger partial charge in [0.25, 0.3) is 0 Å². The summed E-state index contributed by atoms with van der Waals surface area (Å²) in [5.74, 6) is 0. The molecule has 3 heteroatoms. The van der Waals surface area contributed by atoms with Gasteiger partial charge >= 0.3 is 0 Å². The Kier molecular flexibility index (Phi) is 3.50. The van der Waals surface area contributed by atoms with E-state index < -0.39 is 0 Å². The third kappa shape index (κ3) is 2.66. The molecular weight excluding hydrogens is 222 g/mol. The van der Waals surface area contributed by atoms with Gasteiger partial charge in [-0.2, -0.15) is 5.10 Å². The highest BCUT2D eigenvalue weighted by atomic mass is 15.3. The number of nitrogens with zero attached hydrogens (tertiary/aromatic N) is 2. The summed E-state index contributed by atoms with van der Waals surface area (Å²) in [6.07, 6.45) is 14.4. The first-order valence-corrected chi connectivity index (χ1v) is 7.31. The van der Waals surface area contributed by atoms with E-state index in [-0.39, 0.29) is 0 Å². The fourth-order valence-corrected chi connectivity index (χ4v) is 3.23. The second kappa shape index (κ2) is 5.27. The Hall–Kier alpha value is -1.09. The van der Waals surface area contributed by atoms with Crippen LogP contribution in [0.3, 0.4) is 0 Å². The van der Waals surface area contributed by atoms with Crippen LogP contribution in [-0.4, -0.2) is 15.8 Å². The molecule has 1 aromatic heterocycles. The number of rotatable bonds is 2. The molecule has 0 radical (unpaired) electrons. The maximum Gasteiger partial charge on any atom is 0.0850 e. The molecule has 98 valence electrons. The third-order valence-corrected chi connectivity index (χ3v) is 4.29. The van der Waals surface area contributed by atoms with Gasteiger partial charge in [0.2, 0.25) is 0 Å². The molecule has 1 unspecified atom stereocenters. The largest absolute Gasteiger partial charge is 0.327 e. The topological polar surface area (TPSA) is 43.8 Å². The fourth-order valence-electron chi connectivity index (χ4n) is 3.23. The molecule has 0 aliphatic heterocycles. The second-order valence-electron chi connectivity index (χ2n) is 5.82. The van der Waals surface area contributed by atoms with E-state index in [0.29, 0.717) is 12.1 Å². The Balaban J connectivity index is 1.69. The highest BCUT2D eigenvalue weighted by molar-refractivity contribution is 5.49. The molecule has 1 aromatic rings. The SMILES string of the molecule is NC1CC/C(=C\c2ccn(C3CCCCC3)n2)C1. The van der Waals surface area contributed by atoms with Gasteiger partial charge in [-0.1, -0.05) is 24.8 Å². The summed E-state index contributed by atoms with van der Waals surface area (Å²) in [5, 5.41) is 4.72. The molecule has 0 bridgehead atoms. The lowest BCUT2D eigenvalue weighted by Crippen LogP contribution is -2.13. The Labute approximate surface area is 109 Å². The molecule has 1 heterocycles. The van der Waals surface area contributed by atoms with E-state index in [4.69, 9.17) is 10.8 Å². The first-order chi connectivity index (χ1) is 8.81. The van der Waals surface area contributed by atoms with Gasteiger partial charge in [0.15, 0.2) is 0 Å². The van der Waals surface area contributed by atoms with Gasteiger partial charge in [-0.15, -0.1) is 0 Å². The average Bonchev–Trinajstić information content (AvgIpc) is 3.01. The van der Waals surface area contributed by atoms with Crippen LogP contribution in [0, 0.1) is 0 Å². The van der Waals surface area contributed by atoms with Gasteiger partial charge in [0.1, 0.15) is 0 Å². The summed E-state index contributed by atoms with van der Waals surface area (Å²) >= 11 is 0. The first kappa shape index (κ1) is 12.0. The van der Waals surface area contributed by atoms with Gasteiger partial charge in [0.05, 0.1) is 11.7 Å². The second-order valence-corrected chi connectivity index (χ2v) is 5.82. The van der Waals surface area contributed by atoms with E-state index >= 15 is 0 Å². The van der Waals surface area contributed by atoms with Crippen molar-refractivity contribution in [2.75, 3.05) is 0 Å². The zero-order valence-corrected chi connectivity index (χ0v) is 11.0. The molecule has 18 heavy (non-hydrogen) atoms. The van der Waals surface area contributed by atoms with Crippen molar-refractivity contribution >= 4 is 6.08 Å². The lowest BCUT2D eigenvalue weighted by molar-refractivity contribution is 0.329. The lowest BCUT2D eigenvalue weighted by Gasteiger charge is -2.21. The summed E-state index contributed by atoms with van der Waals surface area (Å²) in [6, 6.07) is 3.15. The van der Waals surface area contributed by atoms with Crippen molar-refractivity contribution < 1.29 is 0 Å². The minimum atomic E-state index is 0.372. The number of aromatic nitrogens is 2. The van der Waals surface area contributed by atoms with Crippen LogP contribution in [0.15, 0.2) is 17.8 Å². The van der Waals surface area contributed by atoms with Crippen LogP contribution in [0.1, 0.15) is 63.1 Å². The number of hydrogen-bond acceptors (Lipinski definition) is 2. The summed E-state index contributed by atoms with van der Waals surface area (Å²) in [5.41, 5.74) is 8.52. The Morgan fingerprint density at radius 3 is 2.78 bits per heavy atom. The van der Waals surface area contributed by atoms with Gasteiger partial charge in [0, 0.05) is 12.2 Å². The van der Waals surface area contributed by atoms with Gasteiger partial charge in [-0.3, -0.25) is 4.68 Å². The molecule has 0 amide bonds. The summed E-state index contributed by atoms with van der Waals surface area (Å²) in [4.78, 5) is 0. The van der Waals surface area contributed by atoms with Crippen molar-refractivity contribution in [2.45, 2.75) is 63.5 Å². The summed E-state index contributed by atoms with van der Waals surface area (Å²) in [7, 11) is 0. The molecule has 3 rings (SSSR count). The number of hydrogen-bond donors (Lipinski definition) is 1. The number of nitrogens with two attached hydrogens (primary N) is 1. The van der Waals surface area contributed by atoms with Crippen molar-refractivity contribution in [1.29, 1.82) is 0 Å². The molecule has 0 saturated heterocycles. The first-order valence-electron chi connectivity index (χ1n) is 7.31. The summed E-state index contributed by atoms with van der Waals surface area (Å²) < 4.78 is 2.18. The molecule has 0 spiro atoms. The predicted octanol–water partition coefficient (Wildman–Crippen LogP) is 3.28. The monoisotopic (exact) mass is 245 g/mol. The maximum atomic E-state index is 5.93. The Morgan fingerprint density at radius 2 is 2.06 bits per heavy atom. The third-order valence-electron chi connectivity index (χ3n) is 4.29. The molecule has 2 saturated carbocycles. The van der Waals surface area contributed by atoms with Crippen LogP contribution in [0.2, 0.25) is 0 Å². The van der Waals surface area contributed by atoms with Gasteiger partial charge in [-0.05, 0) is 44.2 Å². The van der Waals surface area contributed by atoms with Crippen LogP contribution in [0.25, 0.3) is 6.08 Å². The molecular formula is C15H23N3. The smallest absolute Gasteiger partial charge is 0.0850 e. The minimum absolute atomic E-state index is 0.372. The van der Waals surface area contributed by atoms with Crippen molar-refractivity contribution in [2.24, 2.45) is 5.73 Å². The zero-order valence-electron chi connectivity index (χ0n) is 11.0. The van der Waals surface area contributed by atoms with Crippen LogP contribution in [0.4, 0.5) is 0 Å². The van der Waals surface area contributed by atoms with E-state index in [1.807, 2.05) is 0 Å². The fraction of sp³-hybridized carbons (Fsp3) is 0.667. The van der Waals surface area contributed by atoms with Crippen LogP contribution in [0.5, 0.6) is 0 Å². The van der Waals surface area contributed by atoms with Crippen molar-refractivity contribution in [1.82, 2.24) is 9.78 Å². The minimum Gasteiger partial charge on any atom is -0.327 e. The van der Waals surface area contributed by atoms with Crippen LogP contribution in [-0.2, 0) is 0 Å². The molecule has 0 aromatic carbocycles. The summed E-state index contributed by atoms with van der Waals surface area (Å²) in [6.45, 7) is 0. The van der Waals surface area contributed by atoms with Crippen LogP contribution >= 0.6 is 0 Å². The Bertz CT molecular complexity index is 427. The van der Waals surface area contributed by atoms with Crippen molar-refractivity contribution in [3.8, 4) is 0 Å². The van der Waals surface area contributed by atoms with E-state index in [0.717, 1.165) is 25.0 Å². The van der Waals surface area contributed by atoms with Crippen molar-refractivity contribution in [3.63, 3.8) is 0 Å². The van der Waals surface area contributed by atoms with E-state index in [1.54, 1.807) is 0 Å². The molecule has 2 aliphatic carbocycles. The predicted molar refractivity (Wildman–Crippen MR) is 74.2 cm³/mol. The average molecular weight is 245 g/mol. The van der Waals surface area contributed by atoms with Gasteiger partial charge in [-0.25, -0.2) is 0 Å². The molecule has 1 atom stereocenters. The van der Waals surface area contributed by atoms with Gasteiger partial charge < -0.3 is 5.73 Å². The van der Waals surface area contributed by atoms with E-state index in [9.17, 15) is 0 Å². The quantitative estimate of drug-likeness (QED) is 0.869. The zero-order chi connectivity index (χ0) is 12.4. The molecule has 2 aliphatic rings. The Morgan fingerprint density at radius 1 is 1.22 bits per heavy atom. The van der Waals surface area contributed by atoms with Crippen molar-refractivity contribution in [3.05, 3.63) is 23.5 Å². The highest BCUT2D eigenvalue weighted by Crippen LogP contribution is 2.28. The maximum absolute atomic E-state index is 5.93.